The normalized spacial score (nSPS) is 10.3. The fourth-order valence-electron chi connectivity index (χ4n) is 1.66. The Bertz CT molecular complexity index is 438. The van der Waals surface area contributed by atoms with Crippen molar-refractivity contribution in [1.29, 1.82) is 0 Å². The van der Waals surface area contributed by atoms with E-state index in [0.717, 1.165) is 25.7 Å². The second kappa shape index (κ2) is 11.3. The number of hydrogen-bond donors (Lipinski definition) is 0. The zero-order chi connectivity index (χ0) is 16.2. The van der Waals surface area contributed by atoms with Crippen LogP contribution < -0.4 is 0 Å². The number of alkyl halides is 2. The summed E-state index contributed by atoms with van der Waals surface area (Å²) < 4.78 is 10.2. The van der Waals surface area contributed by atoms with Crippen molar-refractivity contribution in [3.05, 3.63) is 35.4 Å². The van der Waals surface area contributed by atoms with Gasteiger partial charge in [-0.3, -0.25) is 0 Å². The van der Waals surface area contributed by atoms with E-state index in [1.807, 2.05) is 0 Å². The average molecular weight is 347 g/mol. The van der Waals surface area contributed by atoms with E-state index in [4.69, 9.17) is 32.7 Å². The third-order valence-electron chi connectivity index (χ3n) is 2.86. The molecule has 0 saturated carbocycles. The van der Waals surface area contributed by atoms with E-state index in [1.54, 1.807) is 18.2 Å². The van der Waals surface area contributed by atoms with E-state index in [0.29, 0.717) is 36.1 Å². The van der Waals surface area contributed by atoms with Crippen LogP contribution in [0.1, 0.15) is 46.4 Å². The molecular formula is C16H20Cl2O4. The molecule has 22 heavy (non-hydrogen) atoms. The number of halogens is 2. The van der Waals surface area contributed by atoms with E-state index in [-0.39, 0.29) is 0 Å². The van der Waals surface area contributed by atoms with E-state index in [2.05, 4.69) is 0 Å². The van der Waals surface area contributed by atoms with Crippen LogP contribution in [0.4, 0.5) is 0 Å². The number of benzene rings is 1. The fourth-order valence-corrected chi connectivity index (χ4v) is 2.04. The maximum absolute atomic E-state index is 11.9. The number of ether oxygens (including phenoxy) is 2. The summed E-state index contributed by atoms with van der Waals surface area (Å²) in [7, 11) is 0. The number of hydrogen-bond acceptors (Lipinski definition) is 4. The lowest BCUT2D eigenvalue weighted by Gasteiger charge is -2.07. The molecule has 0 aromatic heterocycles. The second-order valence-corrected chi connectivity index (χ2v) is 5.40. The van der Waals surface area contributed by atoms with Crippen LogP contribution in [0.15, 0.2) is 24.3 Å². The molecule has 122 valence electrons. The highest BCUT2D eigenvalue weighted by atomic mass is 35.5. The molecule has 0 atom stereocenters. The minimum Gasteiger partial charge on any atom is -0.462 e. The minimum absolute atomic E-state index is 0.318. The molecular weight excluding hydrogens is 327 g/mol. The Kier molecular flexibility index (Phi) is 9.67. The summed E-state index contributed by atoms with van der Waals surface area (Å²) in [4.78, 5) is 23.7. The summed E-state index contributed by atoms with van der Waals surface area (Å²) in [5, 5.41) is 0. The molecule has 0 N–H and O–H groups in total. The third kappa shape index (κ3) is 7.14. The third-order valence-corrected chi connectivity index (χ3v) is 3.39. The molecule has 1 aromatic rings. The highest BCUT2D eigenvalue weighted by Crippen LogP contribution is 2.09. The minimum atomic E-state index is -0.452. The van der Waals surface area contributed by atoms with Crippen molar-refractivity contribution in [2.75, 3.05) is 25.0 Å². The number of carbonyl (C=O) groups is 2. The van der Waals surface area contributed by atoms with E-state index < -0.39 is 11.9 Å². The molecule has 0 aliphatic heterocycles. The summed E-state index contributed by atoms with van der Waals surface area (Å²) >= 11 is 11.1. The highest BCUT2D eigenvalue weighted by molar-refractivity contribution is 6.18. The highest BCUT2D eigenvalue weighted by Gasteiger charge is 2.12. The first-order valence-corrected chi connectivity index (χ1v) is 8.32. The average Bonchev–Trinajstić information content (AvgIpc) is 2.55. The van der Waals surface area contributed by atoms with Gasteiger partial charge in [0.25, 0.3) is 0 Å². The molecule has 0 aliphatic rings. The van der Waals surface area contributed by atoms with Gasteiger partial charge in [-0.15, -0.1) is 23.2 Å². The van der Waals surface area contributed by atoms with Crippen LogP contribution >= 0.6 is 23.2 Å². The van der Waals surface area contributed by atoms with Gasteiger partial charge in [0.2, 0.25) is 0 Å². The molecule has 0 aliphatic carbocycles. The maximum atomic E-state index is 11.9. The first-order valence-electron chi connectivity index (χ1n) is 7.25. The molecule has 0 heterocycles. The van der Waals surface area contributed by atoms with Crippen molar-refractivity contribution in [3.8, 4) is 0 Å². The van der Waals surface area contributed by atoms with Gasteiger partial charge >= 0.3 is 11.9 Å². The zero-order valence-electron chi connectivity index (χ0n) is 12.4. The quantitative estimate of drug-likeness (QED) is 0.364. The Morgan fingerprint density at radius 1 is 0.818 bits per heavy atom. The van der Waals surface area contributed by atoms with Gasteiger partial charge in [0.15, 0.2) is 0 Å². The van der Waals surface area contributed by atoms with Crippen molar-refractivity contribution in [3.63, 3.8) is 0 Å². The lowest BCUT2D eigenvalue weighted by Crippen LogP contribution is -2.10. The van der Waals surface area contributed by atoms with E-state index in [1.165, 1.54) is 6.07 Å². The predicted molar refractivity (Wildman–Crippen MR) is 86.9 cm³/mol. The molecule has 1 aromatic carbocycles. The fraction of sp³-hybridized carbons (Fsp3) is 0.500. The van der Waals surface area contributed by atoms with Gasteiger partial charge in [-0.25, -0.2) is 9.59 Å². The molecule has 4 nitrogen and oxygen atoms in total. The molecule has 0 radical (unpaired) electrons. The monoisotopic (exact) mass is 346 g/mol. The zero-order valence-corrected chi connectivity index (χ0v) is 13.9. The number of carbonyl (C=O) groups excluding carboxylic acids is 2. The first kappa shape index (κ1) is 18.8. The lowest BCUT2D eigenvalue weighted by molar-refractivity contribution is 0.0498. The van der Waals surface area contributed by atoms with Crippen LogP contribution in [0.5, 0.6) is 0 Å². The van der Waals surface area contributed by atoms with Crippen LogP contribution in [-0.4, -0.2) is 36.9 Å². The molecule has 0 amide bonds. The van der Waals surface area contributed by atoms with Gasteiger partial charge < -0.3 is 9.47 Å². The summed E-state index contributed by atoms with van der Waals surface area (Å²) in [5.74, 6) is 0.184. The van der Waals surface area contributed by atoms with Crippen LogP contribution in [0.2, 0.25) is 0 Å². The molecule has 0 saturated heterocycles. The summed E-state index contributed by atoms with van der Waals surface area (Å²) in [6, 6.07) is 6.32. The first-order chi connectivity index (χ1) is 10.7. The van der Waals surface area contributed by atoms with Gasteiger partial charge in [0.1, 0.15) is 0 Å². The molecule has 0 bridgehead atoms. The number of unbranched alkanes of at least 4 members (excludes halogenated alkanes) is 2. The van der Waals surface area contributed by atoms with Gasteiger partial charge in [0.05, 0.1) is 24.3 Å². The number of esters is 2. The van der Waals surface area contributed by atoms with Gasteiger partial charge in [-0.1, -0.05) is 6.07 Å². The van der Waals surface area contributed by atoms with Crippen molar-refractivity contribution >= 4 is 35.1 Å². The molecule has 0 fully saturated rings. The predicted octanol–water partition coefficient (Wildman–Crippen LogP) is 4.04. The van der Waals surface area contributed by atoms with Crippen LogP contribution in [0.25, 0.3) is 0 Å². The van der Waals surface area contributed by atoms with Crippen LogP contribution in [0, 0.1) is 0 Å². The van der Waals surface area contributed by atoms with Crippen LogP contribution in [-0.2, 0) is 9.47 Å². The van der Waals surface area contributed by atoms with Crippen molar-refractivity contribution in [2.24, 2.45) is 0 Å². The SMILES string of the molecule is O=C(OCCCCCl)c1cccc(C(=O)OCCCCCl)c1. The van der Waals surface area contributed by atoms with Crippen molar-refractivity contribution in [1.82, 2.24) is 0 Å². The molecule has 0 unspecified atom stereocenters. The molecule has 6 heteroatoms. The second-order valence-electron chi connectivity index (χ2n) is 4.64. The van der Waals surface area contributed by atoms with Gasteiger partial charge in [-0.2, -0.15) is 0 Å². The van der Waals surface area contributed by atoms with Crippen LogP contribution in [0.3, 0.4) is 0 Å². The topological polar surface area (TPSA) is 52.6 Å². The van der Waals surface area contributed by atoms with Crippen molar-refractivity contribution < 1.29 is 19.1 Å². The van der Waals surface area contributed by atoms with E-state index in [9.17, 15) is 9.59 Å². The van der Waals surface area contributed by atoms with E-state index >= 15 is 0 Å². The lowest BCUT2D eigenvalue weighted by atomic mass is 10.1. The largest absolute Gasteiger partial charge is 0.462 e. The van der Waals surface area contributed by atoms with Gasteiger partial charge in [0, 0.05) is 11.8 Å². The number of rotatable bonds is 10. The Labute approximate surface area is 140 Å². The van der Waals surface area contributed by atoms with Crippen molar-refractivity contribution in [2.45, 2.75) is 25.7 Å². The Hall–Kier alpha value is -1.26. The summed E-state index contributed by atoms with van der Waals surface area (Å²) in [6.07, 6.45) is 3.03. The molecule has 1 rings (SSSR count). The standard InChI is InChI=1S/C16H20Cl2O4/c17-8-1-3-10-21-15(19)13-6-5-7-14(12-13)16(20)22-11-4-2-9-18/h5-7,12H,1-4,8-11H2. The summed E-state index contributed by atoms with van der Waals surface area (Å²) in [6.45, 7) is 0.636. The Morgan fingerprint density at radius 2 is 1.27 bits per heavy atom. The maximum Gasteiger partial charge on any atom is 0.338 e. The smallest absolute Gasteiger partial charge is 0.338 e. The Balaban J connectivity index is 2.50. The Morgan fingerprint density at radius 3 is 1.68 bits per heavy atom. The summed E-state index contributed by atoms with van der Waals surface area (Å²) in [5.41, 5.74) is 0.669. The van der Waals surface area contributed by atoms with Gasteiger partial charge in [-0.05, 0) is 43.9 Å². The molecule has 0 spiro atoms.